The molecule has 3 aromatic rings. The number of aryl methyl sites for hydroxylation is 1. The molecule has 162 valence electrons. The topological polar surface area (TPSA) is 88.7 Å². The summed E-state index contributed by atoms with van der Waals surface area (Å²) in [6.45, 7) is 5.68. The van der Waals surface area contributed by atoms with Gasteiger partial charge in [-0.3, -0.25) is 14.3 Å². The molecule has 0 aliphatic carbocycles. The number of likely N-dealkylation sites (tertiary alicyclic amines) is 1. The average Bonchev–Trinajstić information content (AvgIpc) is 3.10. The van der Waals surface area contributed by atoms with Crippen LogP contribution in [-0.2, 0) is 6.54 Å². The number of carbonyl (C=O) groups excluding carboxylic acids is 2. The molecule has 2 aromatic heterocycles. The van der Waals surface area contributed by atoms with Gasteiger partial charge in [0.25, 0.3) is 11.8 Å². The van der Waals surface area contributed by atoms with Gasteiger partial charge in [-0.25, -0.2) is 4.79 Å². The molecule has 8 nitrogen and oxygen atoms in total. The van der Waals surface area contributed by atoms with E-state index in [1.807, 2.05) is 17.7 Å². The molecule has 0 saturated carbocycles. The maximum Gasteiger partial charge on any atom is 0.344 e. The lowest BCUT2D eigenvalue weighted by atomic mass is 10.0. The first-order valence-electron chi connectivity index (χ1n) is 10.5. The molecule has 0 bridgehead atoms. The van der Waals surface area contributed by atoms with Crippen LogP contribution >= 0.6 is 0 Å². The van der Waals surface area contributed by atoms with Gasteiger partial charge in [0.1, 0.15) is 0 Å². The van der Waals surface area contributed by atoms with E-state index < -0.39 is 5.63 Å². The summed E-state index contributed by atoms with van der Waals surface area (Å²) >= 11 is 0. The fourth-order valence-corrected chi connectivity index (χ4v) is 3.81. The first-order valence-corrected chi connectivity index (χ1v) is 10.5. The van der Waals surface area contributed by atoms with Crippen LogP contribution in [-0.4, -0.2) is 57.6 Å². The average molecular weight is 422 g/mol. The zero-order valence-corrected chi connectivity index (χ0v) is 18.0. The van der Waals surface area contributed by atoms with Gasteiger partial charge in [-0.05, 0) is 30.9 Å². The third-order valence-electron chi connectivity index (χ3n) is 5.96. The van der Waals surface area contributed by atoms with E-state index in [1.54, 1.807) is 42.4 Å². The molecule has 1 aliphatic heterocycles. The molecule has 3 heterocycles. The van der Waals surface area contributed by atoms with Crippen molar-refractivity contribution in [3.8, 4) is 0 Å². The second-order valence-electron chi connectivity index (χ2n) is 7.99. The Morgan fingerprint density at radius 2 is 2.00 bits per heavy atom. The summed E-state index contributed by atoms with van der Waals surface area (Å²) in [7, 11) is 1.66. The molecule has 0 atom stereocenters. The number of aromatic nitrogens is 2. The Morgan fingerprint density at radius 3 is 2.74 bits per heavy atom. The van der Waals surface area contributed by atoms with Crippen molar-refractivity contribution in [2.24, 2.45) is 0 Å². The standard InChI is InChI=1S/C23H26N4O4/c1-4-5-10-27-15(2)19(12-24-27)21(28)26-13-17(14-26)25(3)22(29)20-11-16-8-6-7-9-18(16)23(30)31-20/h6-9,11-12,17H,4-5,10,13-14H2,1-3H3. The highest BCUT2D eigenvalue weighted by atomic mass is 16.4. The van der Waals surface area contributed by atoms with E-state index in [0.29, 0.717) is 29.4 Å². The normalized spacial score (nSPS) is 14.0. The summed E-state index contributed by atoms with van der Waals surface area (Å²) in [6.07, 6.45) is 3.70. The number of hydrogen-bond acceptors (Lipinski definition) is 5. The van der Waals surface area contributed by atoms with Gasteiger partial charge in [0, 0.05) is 32.4 Å². The van der Waals surface area contributed by atoms with Crippen LogP contribution in [0.5, 0.6) is 0 Å². The molecular formula is C23H26N4O4. The summed E-state index contributed by atoms with van der Waals surface area (Å²) in [6, 6.07) is 8.45. The van der Waals surface area contributed by atoms with Crippen molar-refractivity contribution < 1.29 is 14.0 Å². The van der Waals surface area contributed by atoms with E-state index in [-0.39, 0.29) is 23.6 Å². The third kappa shape index (κ3) is 3.85. The van der Waals surface area contributed by atoms with Crippen molar-refractivity contribution >= 4 is 22.6 Å². The molecule has 0 radical (unpaired) electrons. The van der Waals surface area contributed by atoms with E-state index in [9.17, 15) is 14.4 Å². The Bertz CT molecular complexity index is 1190. The SMILES string of the molecule is CCCCn1ncc(C(=O)N2CC(N(C)C(=O)c3cc4ccccc4c(=O)o3)C2)c1C. The minimum atomic E-state index is -0.532. The Kier molecular flexibility index (Phi) is 5.63. The maximum atomic E-state index is 12.9. The number of fused-ring (bicyclic) bond motifs is 1. The predicted octanol–water partition coefficient (Wildman–Crippen LogP) is 2.69. The Morgan fingerprint density at radius 1 is 1.26 bits per heavy atom. The zero-order chi connectivity index (χ0) is 22.1. The fourth-order valence-electron chi connectivity index (χ4n) is 3.81. The molecule has 31 heavy (non-hydrogen) atoms. The molecule has 1 aliphatic rings. The van der Waals surface area contributed by atoms with Crippen LogP contribution in [0.3, 0.4) is 0 Å². The summed E-state index contributed by atoms with van der Waals surface area (Å²) in [5.41, 5.74) is 0.934. The molecule has 0 spiro atoms. The summed E-state index contributed by atoms with van der Waals surface area (Å²) in [4.78, 5) is 41.1. The lowest BCUT2D eigenvalue weighted by Gasteiger charge is -2.43. The molecule has 0 N–H and O–H groups in total. The molecule has 1 fully saturated rings. The highest BCUT2D eigenvalue weighted by Gasteiger charge is 2.37. The van der Waals surface area contributed by atoms with Crippen molar-refractivity contribution in [2.45, 2.75) is 39.3 Å². The smallest absolute Gasteiger partial charge is 0.344 e. The number of likely N-dealkylation sites (N-methyl/N-ethyl adjacent to an activating group) is 1. The van der Waals surface area contributed by atoms with Gasteiger partial charge in [0.2, 0.25) is 0 Å². The zero-order valence-electron chi connectivity index (χ0n) is 18.0. The number of unbranched alkanes of at least 4 members (excludes halogenated alkanes) is 1. The lowest BCUT2D eigenvalue weighted by molar-refractivity contribution is 0.0280. The lowest BCUT2D eigenvalue weighted by Crippen LogP contribution is -2.61. The minimum Gasteiger partial charge on any atom is -0.417 e. The number of nitrogens with zero attached hydrogens (tertiary/aromatic N) is 4. The molecule has 1 aromatic carbocycles. The summed E-state index contributed by atoms with van der Waals surface area (Å²) in [5, 5.41) is 5.44. The van der Waals surface area contributed by atoms with Crippen molar-refractivity contribution in [2.75, 3.05) is 20.1 Å². The van der Waals surface area contributed by atoms with Crippen molar-refractivity contribution in [3.63, 3.8) is 0 Å². The van der Waals surface area contributed by atoms with Crippen LogP contribution in [0, 0.1) is 6.92 Å². The monoisotopic (exact) mass is 422 g/mol. The Hall–Kier alpha value is -3.42. The van der Waals surface area contributed by atoms with Crippen LogP contribution in [0.2, 0.25) is 0 Å². The highest BCUT2D eigenvalue weighted by molar-refractivity contribution is 5.97. The van der Waals surface area contributed by atoms with E-state index >= 15 is 0 Å². The maximum absolute atomic E-state index is 12.9. The van der Waals surface area contributed by atoms with Crippen LogP contribution in [0.1, 0.15) is 46.4 Å². The molecule has 4 rings (SSSR count). The number of benzene rings is 1. The number of carbonyl (C=O) groups is 2. The molecule has 0 unspecified atom stereocenters. The molecular weight excluding hydrogens is 396 g/mol. The predicted molar refractivity (Wildman–Crippen MR) is 116 cm³/mol. The second kappa shape index (κ2) is 8.37. The molecule has 2 amide bonds. The van der Waals surface area contributed by atoms with Crippen molar-refractivity contribution in [1.29, 1.82) is 0 Å². The quantitative estimate of drug-likeness (QED) is 0.609. The first-order chi connectivity index (χ1) is 14.9. The van der Waals surface area contributed by atoms with Gasteiger partial charge < -0.3 is 14.2 Å². The Labute approximate surface area is 180 Å². The van der Waals surface area contributed by atoms with E-state index in [0.717, 1.165) is 25.1 Å². The van der Waals surface area contributed by atoms with Crippen LogP contribution in [0.25, 0.3) is 10.8 Å². The van der Waals surface area contributed by atoms with Gasteiger partial charge in [-0.15, -0.1) is 0 Å². The number of rotatable bonds is 6. The van der Waals surface area contributed by atoms with Gasteiger partial charge in [0.05, 0.1) is 23.2 Å². The van der Waals surface area contributed by atoms with Gasteiger partial charge in [-0.2, -0.15) is 5.10 Å². The second-order valence-corrected chi connectivity index (χ2v) is 7.99. The van der Waals surface area contributed by atoms with Crippen molar-refractivity contribution in [3.05, 3.63) is 64.0 Å². The van der Waals surface area contributed by atoms with E-state index in [4.69, 9.17) is 4.42 Å². The highest BCUT2D eigenvalue weighted by Crippen LogP contribution is 2.21. The number of hydrogen-bond donors (Lipinski definition) is 0. The minimum absolute atomic E-state index is 0.00372. The third-order valence-corrected chi connectivity index (χ3v) is 5.96. The van der Waals surface area contributed by atoms with Gasteiger partial charge in [0.15, 0.2) is 5.76 Å². The van der Waals surface area contributed by atoms with Crippen molar-refractivity contribution in [1.82, 2.24) is 19.6 Å². The molecule has 8 heteroatoms. The van der Waals surface area contributed by atoms with Crippen LogP contribution in [0.4, 0.5) is 0 Å². The number of amides is 2. The first kappa shape index (κ1) is 20.8. The largest absolute Gasteiger partial charge is 0.417 e. The molecule has 1 saturated heterocycles. The van der Waals surface area contributed by atoms with Crippen LogP contribution < -0.4 is 5.63 Å². The summed E-state index contributed by atoms with van der Waals surface area (Å²) in [5.74, 6) is -0.442. The van der Waals surface area contributed by atoms with Gasteiger partial charge >= 0.3 is 5.63 Å². The fraction of sp³-hybridized carbons (Fsp3) is 0.391. The Balaban J connectivity index is 1.42. The van der Waals surface area contributed by atoms with Gasteiger partial charge in [-0.1, -0.05) is 31.5 Å². The summed E-state index contributed by atoms with van der Waals surface area (Å²) < 4.78 is 7.11. The van der Waals surface area contributed by atoms with Crippen LogP contribution in [0.15, 0.2) is 45.7 Å². The van der Waals surface area contributed by atoms with E-state index in [1.165, 1.54) is 4.90 Å². The van der Waals surface area contributed by atoms with E-state index in [2.05, 4.69) is 12.0 Å².